The van der Waals surface area contributed by atoms with E-state index >= 15 is 0 Å². The Morgan fingerprint density at radius 2 is 1.32 bits per heavy atom. The minimum atomic E-state index is -0.509. The van der Waals surface area contributed by atoms with Gasteiger partial charge in [-0.25, -0.2) is 19.9 Å². The molecule has 0 spiro atoms. The lowest BCUT2D eigenvalue weighted by molar-refractivity contribution is -0.384. The molecule has 4 N–H and O–H groups in total. The zero-order chi connectivity index (χ0) is 24.7. The maximum Gasteiger partial charge on any atom is 0.311 e. The Labute approximate surface area is 220 Å². The number of hydrogen-bond donors (Lipinski definition) is 3. The summed E-state index contributed by atoms with van der Waals surface area (Å²) in [6.45, 7) is 0. The van der Waals surface area contributed by atoms with E-state index in [-0.39, 0.29) is 16.7 Å². The molecule has 0 saturated heterocycles. The molecule has 4 aromatic rings. The van der Waals surface area contributed by atoms with Crippen molar-refractivity contribution in [2.45, 2.75) is 0 Å². The molecule has 0 atom stereocenters. The summed E-state index contributed by atoms with van der Waals surface area (Å²) in [6.07, 6.45) is 3.10. The smallest absolute Gasteiger partial charge is 0.311 e. The quantitative estimate of drug-likeness (QED) is 0.124. The van der Waals surface area contributed by atoms with E-state index in [4.69, 9.17) is 28.9 Å². The van der Waals surface area contributed by atoms with Crippen LogP contribution in [0.4, 0.5) is 34.4 Å². The van der Waals surface area contributed by atoms with Crippen LogP contribution in [0.25, 0.3) is 0 Å². The van der Waals surface area contributed by atoms with Gasteiger partial charge in [-0.1, -0.05) is 23.2 Å². The molecule has 0 bridgehead atoms. The van der Waals surface area contributed by atoms with Crippen LogP contribution in [0, 0.1) is 10.1 Å². The summed E-state index contributed by atoms with van der Waals surface area (Å²) in [6, 6.07) is 13.1. The summed E-state index contributed by atoms with van der Waals surface area (Å²) in [5.74, 6) is 0.716. The first-order chi connectivity index (χ1) is 16.2. The van der Waals surface area contributed by atoms with Gasteiger partial charge in [0.1, 0.15) is 19.5 Å². The van der Waals surface area contributed by atoms with E-state index in [1.807, 2.05) is 0 Å². The van der Waals surface area contributed by atoms with E-state index in [0.29, 0.717) is 31.6 Å². The average Bonchev–Trinajstić information content (AvgIpc) is 2.77. The van der Waals surface area contributed by atoms with Gasteiger partial charge < -0.3 is 16.4 Å². The SMILES string of the molecule is Nc1ccc(Br)nc1Nc1ccnc(Cl)c1.O=[N+]([O-])c1ccc(Br)nc1Nc1ccnc(Cl)c1. The molecule has 174 valence electrons. The van der Waals surface area contributed by atoms with Crippen molar-refractivity contribution in [2.24, 2.45) is 0 Å². The second-order valence-corrected chi connectivity index (χ2v) is 8.71. The fourth-order valence-corrected chi connectivity index (χ4v) is 3.41. The number of nitrogen functional groups attached to an aromatic ring is 1. The predicted octanol–water partition coefficient (Wildman–Crippen LogP) is 6.76. The lowest BCUT2D eigenvalue weighted by atomic mass is 10.3. The van der Waals surface area contributed by atoms with Gasteiger partial charge in [0.15, 0.2) is 5.82 Å². The lowest BCUT2D eigenvalue weighted by Gasteiger charge is -2.08. The first-order valence-corrected chi connectivity index (χ1v) is 11.6. The van der Waals surface area contributed by atoms with E-state index in [9.17, 15) is 10.1 Å². The van der Waals surface area contributed by atoms with Crippen molar-refractivity contribution in [3.8, 4) is 0 Å². The molecule has 0 radical (unpaired) electrons. The van der Waals surface area contributed by atoms with E-state index in [1.54, 1.807) is 42.6 Å². The third-order valence-corrected chi connectivity index (χ3v) is 5.20. The summed E-state index contributed by atoms with van der Waals surface area (Å²) in [5.41, 5.74) is 7.59. The molecule has 14 heteroatoms. The molecule has 0 aliphatic heterocycles. The van der Waals surface area contributed by atoms with Crippen molar-refractivity contribution in [1.29, 1.82) is 0 Å². The standard InChI is InChI=1S/C10H6BrClN4O2.C10H8BrClN4/c11-8-2-1-7(16(17)18)10(15-8)14-6-3-4-13-9(12)5-6;11-8-2-1-7(13)10(16-8)15-6-3-4-14-9(12)5-6/h1-5H,(H,13,14,15);1-5H,13H2,(H,14,15,16). The summed E-state index contributed by atoms with van der Waals surface area (Å²) in [4.78, 5) is 26.3. The topological polar surface area (TPSA) is 145 Å². The van der Waals surface area contributed by atoms with Gasteiger partial charge in [-0.2, -0.15) is 0 Å². The summed E-state index contributed by atoms with van der Waals surface area (Å²) in [5, 5.41) is 17.5. The number of nitrogens with one attached hydrogen (secondary N) is 2. The van der Waals surface area contributed by atoms with Gasteiger partial charge in [-0.15, -0.1) is 0 Å². The molecule has 4 aromatic heterocycles. The largest absolute Gasteiger partial charge is 0.396 e. The highest BCUT2D eigenvalue weighted by Crippen LogP contribution is 2.28. The van der Waals surface area contributed by atoms with Crippen molar-refractivity contribution in [1.82, 2.24) is 19.9 Å². The monoisotopic (exact) mass is 626 g/mol. The third-order valence-electron chi connectivity index (χ3n) is 3.91. The van der Waals surface area contributed by atoms with E-state index in [0.717, 1.165) is 5.69 Å². The number of aromatic nitrogens is 4. The van der Waals surface area contributed by atoms with Gasteiger partial charge in [0, 0.05) is 29.8 Å². The summed E-state index contributed by atoms with van der Waals surface area (Å²) < 4.78 is 1.21. The molecule has 0 aliphatic rings. The molecule has 0 amide bonds. The van der Waals surface area contributed by atoms with Crippen molar-refractivity contribution in [3.63, 3.8) is 0 Å². The maximum absolute atomic E-state index is 10.9. The molecule has 0 aromatic carbocycles. The van der Waals surface area contributed by atoms with E-state index in [2.05, 4.69) is 62.4 Å². The Balaban J connectivity index is 0.000000192. The number of halogens is 4. The minimum absolute atomic E-state index is 0.119. The number of pyridine rings is 4. The van der Waals surface area contributed by atoms with Crippen molar-refractivity contribution < 1.29 is 4.92 Å². The van der Waals surface area contributed by atoms with Crippen LogP contribution < -0.4 is 16.4 Å². The second kappa shape index (κ2) is 11.9. The molecule has 34 heavy (non-hydrogen) atoms. The Morgan fingerprint density at radius 3 is 1.85 bits per heavy atom. The van der Waals surface area contributed by atoms with E-state index < -0.39 is 4.92 Å². The van der Waals surface area contributed by atoms with Gasteiger partial charge in [0.25, 0.3) is 0 Å². The lowest BCUT2D eigenvalue weighted by Crippen LogP contribution is -2.00. The summed E-state index contributed by atoms with van der Waals surface area (Å²) in [7, 11) is 0. The molecular formula is C20H14Br2Cl2N8O2. The van der Waals surface area contributed by atoms with Crippen LogP contribution in [0.3, 0.4) is 0 Å². The van der Waals surface area contributed by atoms with Gasteiger partial charge in [0.05, 0.1) is 10.6 Å². The Kier molecular flexibility index (Phi) is 8.93. The highest BCUT2D eigenvalue weighted by Gasteiger charge is 2.15. The Bertz CT molecular complexity index is 1330. The number of nitrogens with zero attached hydrogens (tertiary/aromatic N) is 5. The number of nitrogens with two attached hydrogens (primary N) is 1. The van der Waals surface area contributed by atoms with Crippen LogP contribution in [-0.4, -0.2) is 24.9 Å². The molecule has 0 aliphatic carbocycles. The molecular weight excluding hydrogens is 615 g/mol. The fourth-order valence-electron chi connectivity index (χ4n) is 2.45. The second-order valence-electron chi connectivity index (χ2n) is 6.32. The fraction of sp³-hybridized carbons (Fsp3) is 0. The predicted molar refractivity (Wildman–Crippen MR) is 140 cm³/mol. The van der Waals surface area contributed by atoms with Gasteiger partial charge in [0.2, 0.25) is 5.82 Å². The normalized spacial score (nSPS) is 10.1. The van der Waals surface area contributed by atoms with Gasteiger partial charge in [-0.05, 0) is 74.3 Å². The highest BCUT2D eigenvalue weighted by molar-refractivity contribution is 9.10. The maximum atomic E-state index is 10.9. The first kappa shape index (κ1) is 25.6. The number of nitro groups is 1. The van der Waals surface area contributed by atoms with Crippen LogP contribution in [0.5, 0.6) is 0 Å². The first-order valence-electron chi connectivity index (χ1n) is 9.21. The molecule has 0 fully saturated rings. The zero-order valence-electron chi connectivity index (χ0n) is 16.9. The average molecular weight is 629 g/mol. The third kappa shape index (κ3) is 7.48. The van der Waals surface area contributed by atoms with Gasteiger partial charge in [-0.3, -0.25) is 10.1 Å². The summed E-state index contributed by atoms with van der Waals surface area (Å²) >= 11 is 17.9. The number of hydrogen-bond acceptors (Lipinski definition) is 9. The van der Waals surface area contributed by atoms with Crippen molar-refractivity contribution >= 4 is 89.4 Å². The molecule has 4 rings (SSSR count). The van der Waals surface area contributed by atoms with Crippen LogP contribution in [0.2, 0.25) is 10.3 Å². The van der Waals surface area contributed by atoms with Crippen LogP contribution >= 0.6 is 55.1 Å². The van der Waals surface area contributed by atoms with Crippen LogP contribution in [-0.2, 0) is 0 Å². The Hall–Kier alpha value is -3.06. The van der Waals surface area contributed by atoms with E-state index in [1.165, 1.54) is 18.3 Å². The van der Waals surface area contributed by atoms with Crippen LogP contribution in [0.15, 0.2) is 70.1 Å². The molecule has 0 saturated carbocycles. The zero-order valence-corrected chi connectivity index (χ0v) is 21.6. The molecule has 0 unspecified atom stereocenters. The molecule has 4 heterocycles. The Morgan fingerprint density at radius 1 is 0.824 bits per heavy atom. The number of anilines is 5. The highest BCUT2D eigenvalue weighted by atomic mass is 79.9. The van der Waals surface area contributed by atoms with Crippen molar-refractivity contribution in [3.05, 3.63) is 90.6 Å². The number of rotatable bonds is 5. The van der Waals surface area contributed by atoms with Crippen LogP contribution in [0.1, 0.15) is 0 Å². The molecule has 10 nitrogen and oxygen atoms in total. The van der Waals surface area contributed by atoms with Gasteiger partial charge >= 0.3 is 5.69 Å². The minimum Gasteiger partial charge on any atom is -0.396 e. The van der Waals surface area contributed by atoms with Crippen molar-refractivity contribution in [2.75, 3.05) is 16.4 Å².